The van der Waals surface area contributed by atoms with Crippen LogP contribution in [0.25, 0.3) is 0 Å². The molecular weight excluding hydrogens is 310 g/mol. The normalized spacial score (nSPS) is 10.1. The van der Waals surface area contributed by atoms with Gasteiger partial charge in [-0.3, -0.25) is 0 Å². The van der Waals surface area contributed by atoms with E-state index in [2.05, 4.69) is 20.9 Å². The molecule has 98 valence electrons. The maximum atomic E-state index is 12.0. The van der Waals surface area contributed by atoms with E-state index < -0.39 is 5.97 Å². The number of ether oxygens (including phenoxy) is 2. The third kappa shape index (κ3) is 3.12. The Labute approximate surface area is 119 Å². The van der Waals surface area contributed by atoms with Crippen molar-refractivity contribution in [2.75, 3.05) is 7.11 Å². The highest BCUT2D eigenvalue weighted by atomic mass is 79.9. The predicted octanol–water partition coefficient (Wildman–Crippen LogP) is 3.38. The number of halogens is 1. The second kappa shape index (κ2) is 5.84. The number of nitrogens with zero attached hydrogens (tertiary/aromatic N) is 1. The highest BCUT2D eigenvalue weighted by molar-refractivity contribution is 9.10. The van der Waals surface area contributed by atoms with Crippen molar-refractivity contribution in [1.82, 2.24) is 4.98 Å². The van der Waals surface area contributed by atoms with Gasteiger partial charge in [0, 0.05) is 6.20 Å². The second-order valence-electron chi connectivity index (χ2n) is 3.87. The van der Waals surface area contributed by atoms with Crippen LogP contribution in [0.5, 0.6) is 11.5 Å². The molecule has 0 spiro atoms. The summed E-state index contributed by atoms with van der Waals surface area (Å²) in [5, 5.41) is 0. The summed E-state index contributed by atoms with van der Waals surface area (Å²) in [6.45, 7) is 1.91. The lowest BCUT2D eigenvalue weighted by atomic mass is 10.1. The van der Waals surface area contributed by atoms with Gasteiger partial charge in [-0.1, -0.05) is 6.07 Å². The molecule has 0 fully saturated rings. The van der Waals surface area contributed by atoms with E-state index in [9.17, 15) is 4.79 Å². The highest BCUT2D eigenvalue weighted by Crippen LogP contribution is 2.24. The highest BCUT2D eigenvalue weighted by Gasteiger charge is 2.12. The number of benzene rings is 1. The van der Waals surface area contributed by atoms with Gasteiger partial charge in [0.2, 0.25) is 0 Å². The van der Waals surface area contributed by atoms with Crippen molar-refractivity contribution in [3.63, 3.8) is 0 Å². The SMILES string of the molecule is COc1cc(C(=O)Oc2cccnc2Br)ccc1C. The zero-order valence-corrected chi connectivity index (χ0v) is 12.1. The molecule has 1 aromatic carbocycles. The first-order valence-corrected chi connectivity index (χ1v) is 6.38. The number of carbonyl (C=O) groups is 1. The lowest BCUT2D eigenvalue weighted by molar-refractivity contribution is 0.0732. The quantitative estimate of drug-likeness (QED) is 0.642. The van der Waals surface area contributed by atoms with Crippen molar-refractivity contribution in [2.45, 2.75) is 6.92 Å². The topological polar surface area (TPSA) is 48.4 Å². The number of aromatic nitrogens is 1. The molecule has 0 aliphatic carbocycles. The fourth-order valence-corrected chi connectivity index (χ4v) is 1.88. The van der Waals surface area contributed by atoms with Crippen molar-refractivity contribution in [3.05, 3.63) is 52.3 Å². The van der Waals surface area contributed by atoms with Gasteiger partial charge < -0.3 is 9.47 Å². The second-order valence-corrected chi connectivity index (χ2v) is 4.62. The van der Waals surface area contributed by atoms with Gasteiger partial charge in [-0.15, -0.1) is 0 Å². The Hall–Kier alpha value is -1.88. The molecule has 0 N–H and O–H groups in total. The number of pyridine rings is 1. The number of aryl methyl sites for hydroxylation is 1. The third-order valence-electron chi connectivity index (χ3n) is 2.57. The summed E-state index contributed by atoms with van der Waals surface area (Å²) in [5.41, 5.74) is 1.39. The Morgan fingerprint density at radius 1 is 1.26 bits per heavy atom. The van der Waals surface area contributed by atoms with Gasteiger partial charge in [0.1, 0.15) is 10.4 Å². The number of hydrogen-bond acceptors (Lipinski definition) is 4. The molecule has 0 aliphatic heterocycles. The van der Waals surface area contributed by atoms with Crippen LogP contribution in [0.2, 0.25) is 0 Å². The molecule has 1 aromatic heterocycles. The zero-order valence-electron chi connectivity index (χ0n) is 10.5. The molecule has 5 heteroatoms. The minimum atomic E-state index is -0.452. The number of methoxy groups -OCH3 is 1. The summed E-state index contributed by atoms with van der Waals surface area (Å²) < 4.78 is 10.9. The molecule has 19 heavy (non-hydrogen) atoms. The van der Waals surface area contributed by atoms with E-state index in [1.165, 1.54) is 0 Å². The number of carbonyl (C=O) groups excluding carboxylic acids is 1. The van der Waals surface area contributed by atoms with Crippen LogP contribution in [-0.4, -0.2) is 18.1 Å². The molecular formula is C14H12BrNO3. The first-order valence-electron chi connectivity index (χ1n) is 5.59. The minimum Gasteiger partial charge on any atom is -0.496 e. The summed E-state index contributed by atoms with van der Waals surface area (Å²) in [6.07, 6.45) is 1.61. The van der Waals surface area contributed by atoms with Crippen LogP contribution in [0.1, 0.15) is 15.9 Å². The van der Waals surface area contributed by atoms with E-state index in [0.29, 0.717) is 21.7 Å². The average Bonchev–Trinajstić information content (AvgIpc) is 2.42. The number of rotatable bonds is 3. The van der Waals surface area contributed by atoms with Gasteiger partial charge in [-0.25, -0.2) is 9.78 Å². The van der Waals surface area contributed by atoms with Gasteiger partial charge in [0.05, 0.1) is 12.7 Å². The molecule has 2 aromatic rings. The lowest BCUT2D eigenvalue weighted by Crippen LogP contribution is -2.09. The summed E-state index contributed by atoms with van der Waals surface area (Å²) >= 11 is 3.22. The Morgan fingerprint density at radius 3 is 2.74 bits per heavy atom. The van der Waals surface area contributed by atoms with Gasteiger partial charge in [0.15, 0.2) is 5.75 Å². The molecule has 1 heterocycles. The molecule has 0 unspecified atom stereocenters. The Morgan fingerprint density at radius 2 is 2.05 bits per heavy atom. The maximum Gasteiger partial charge on any atom is 0.343 e. The van der Waals surface area contributed by atoms with E-state index in [4.69, 9.17) is 9.47 Å². The van der Waals surface area contributed by atoms with E-state index in [1.54, 1.807) is 37.6 Å². The van der Waals surface area contributed by atoms with Crippen LogP contribution in [0, 0.1) is 6.92 Å². The number of hydrogen-bond donors (Lipinski definition) is 0. The molecule has 2 rings (SSSR count). The van der Waals surface area contributed by atoms with Crippen molar-refractivity contribution in [1.29, 1.82) is 0 Å². The summed E-state index contributed by atoms with van der Waals surface area (Å²) in [5.74, 6) is 0.582. The van der Waals surface area contributed by atoms with Crippen LogP contribution in [0.3, 0.4) is 0 Å². The Balaban J connectivity index is 2.23. The largest absolute Gasteiger partial charge is 0.496 e. The Bertz CT molecular complexity index is 613. The molecule has 0 radical (unpaired) electrons. The smallest absolute Gasteiger partial charge is 0.343 e. The monoisotopic (exact) mass is 321 g/mol. The van der Waals surface area contributed by atoms with Crippen molar-refractivity contribution < 1.29 is 14.3 Å². The fraction of sp³-hybridized carbons (Fsp3) is 0.143. The molecule has 0 saturated heterocycles. The summed E-state index contributed by atoms with van der Waals surface area (Å²) in [4.78, 5) is 16.0. The van der Waals surface area contributed by atoms with E-state index >= 15 is 0 Å². The molecule has 0 atom stereocenters. The molecule has 0 amide bonds. The first kappa shape index (κ1) is 13.5. The van der Waals surface area contributed by atoms with Crippen LogP contribution in [0.15, 0.2) is 41.1 Å². The molecule has 0 bridgehead atoms. The molecule has 0 saturated carbocycles. The predicted molar refractivity (Wildman–Crippen MR) is 74.6 cm³/mol. The molecule has 4 nitrogen and oxygen atoms in total. The Kier molecular flexibility index (Phi) is 4.16. The standard InChI is InChI=1S/C14H12BrNO3/c1-9-5-6-10(8-12(9)18-2)14(17)19-11-4-3-7-16-13(11)15/h3-8H,1-2H3. The van der Waals surface area contributed by atoms with Crippen molar-refractivity contribution in [2.24, 2.45) is 0 Å². The zero-order chi connectivity index (χ0) is 13.8. The lowest BCUT2D eigenvalue weighted by Gasteiger charge is -2.08. The maximum absolute atomic E-state index is 12.0. The van der Waals surface area contributed by atoms with Crippen molar-refractivity contribution >= 4 is 21.9 Å². The summed E-state index contributed by atoms with van der Waals surface area (Å²) in [6, 6.07) is 8.53. The number of esters is 1. The van der Waals surface area contributed by atoms with Gasteiger partial charge >= 0.3 is 5.97 Å². The summed E-state index contributed by atoms with van der Waals surface area (Å²) in [7, 11) is 1.56. The van der Waals surface area contributed by atoms with Gasteiger partial charge in [-0.2, -0.15) is 0 Å². The van der Waals surface area contributed by atoms with Gasteiger partial charge in [-0.05, 0) is 52.7 Å². The first-order chi connectivity index (χ1) is 9.11. The van der Waals surface area contributed by atoms with Gasteiger partial charge in [0.25, 0.3) is 0 Å². The van der Waals surface area contributed by atoms with Crippen LogP contribution in [-0.2, 0) is 0 Å². The fourth-order valence-electron chi connectivity index (χ4n) is 1.55. The van der Waals surface area contributed by atoms with E-state index in [1.807, 2.05) is 13.0 Å². The van der Waals surface area contributed by atoms with Crippen LogP contribution >= 0.6 is 15.9 Å². The van der Waals surface area contributed by atoms with Crippen LogP contribution < -0.4 is 9.47 Å². The third-order valence-corrected chi connectivity index (χ3v) is 3.17. The van der Waals surface area contributed by atoms with Crippen molar-refractivity contribution in [3.8, 4) is 11.5 Å². The molecule has 0 aliphatic rings. The van der Waals surface area contributed by atoms with E-state index in [-0.39, 0.29) is 0 Å². The average molecular weight is 322 g/mol. The minimum absolute atomic E-state index is 0.382. The van der Waals surface area contributed by atoms with E-state index in [0.717, 1.165) is 5.56 Å². The van der Waals surface area contributed by atoms with Crippen LogP contribution in [0.4, 0.5) is 0 Å².